The van der Waals surface area contributed by atoms with Gasteiger partial charge in [-0.3, -0.25) is 4.79 Å². The summed E-state index contributed by atoms with van der Waals surface area (Å²) >= 11 is 0. The van der Waals surface area contributed by atoms with E-state index in [1.54, 1.807) is 0 Å². The Labute approximate surface area is 141 Å². The van der Waals surface area contributed by atoms with Crippen molar-refractivity contribution in [1.29, 1.82) is 0 Å². The highest BCUT2D eigenvalue weighted by Crippen LogP contribution is 2.20. The Morgan fingerprint density at radius 3 is 2.67 bits per heavy atom. The van der Waals surface area contributed by atoms with E-state index in [0.717, 1.165) is 28.8 Å². The second kappa shape index (κ2) is 7.21. The van der Waals surface area contributed by atoms with Crippen LogP contribution in [0.3, 0.4) is 0 Å². The molecule has 0 aliphatic rings. The Balaban J connectivity index is 1.88. The van der Waals surface area contributed by atoms with Crippen LogP contribution in [-0.4, -0.2) is 11.6 Å². The van der Waals surface area contributed by atoms with Crippen LogP contribution >= 0.6 is 0 Å². The highest BCUT2D eigenvalue weighted by atomic mass is 16.5. The largest absolute Gasteiger partial charge is 0.494 e. The van der Waals surface area contributed by atoms with E-state index < -0.39 is 0 Å². The quantitative estimate of drug-likeness (QED) is 0.718. The van der Waals surface area contributed by atoms with Crippen LogP contribution in [0, 0.1) is 0 Å². The van der Waals surface area contributed by atoms with Gasteiger partial charge in [0.25, 0.3) is 5.56 Å². The topological polar surface area (TPSA) is 54.1 Å². The first-order chi connectivity index (χ1) is 11.7. The average molecular weight is 322 g/mol. The Morgan fingerprint density at radius 1 is 1.04 bits per heavy atom. The number of anilines is 1. The number of aromatic amines is 1. The minimum Gasteiger partial charge on any atom is -0.494 e. The van der Waals surface area contributed by atoms with Crippen LogP contribution in [0.1, 0.15) is 25.0 Å². The third-order valence-corrected chi connectivity index (χ3v) is 4.07. The number of ether oxygens (including phenoxy) is 1. The standard InChI is InChI=1S/C20H22N2O2/c1-3-14-7-5-6-8-18(14)21-13-16-11-15-12-17(24-4-2)9-10-19(15)22-20(16)23/h5-12,21H,3-4,13H2,1-2H3,(H,22,23). The van der Waals surface area contributed by atoms with E-state index in [4.69, 9.17) is 4.74 Å². The van der Waals surface area contributed by atoms with Crippen molar-refractivity contribution in [3.63, 3.8) is 0 Å². The van der Waals surface area contributed by atoms with E-state index >= 15 is 0 Å². The number of para-hydroxylation sites is 1. The van der Waals surface area contributed by atoms with Crippen LogP contribution < -0.4 is 15.6 Å². The van der Waals surface area contributed by atoms with Crippen molar-refractivity contribution in [3.8, 4) is 5.75 Å². The third kappa shape index (κ3) is 3.43. The third-order valence-electron chi connectivity index (χ3n) is 4.07. The number of benzene rings is 2. The fourth-order valence-corrected chi connectivity index (χ4v) is 2.81. The van der Waals surface area contributed by atoms with Crippen LogP contribution in [0.25, 0.3) is 10.9 Å². The molecular weight excluding hydrogens is 300 g/mol. The van der Waals surface area contributed by atoms with Gasteiger partial charge in [0.1, 0.15) is 5.75 Å². The summed E-state index contributed by atoms with van der Waals surface area (Å²) in [5, 5.41) is 4.35. The lowest BCUT2D eigenvalue weighted by atomic mass is 10.1. The van der Waals surface area contributed by atoms with Crippen LogP contribution in [0.15, 0.2) is 53.3 Å². The van der Waals surface area contributed by atoms with Gasteiger partial charge in [0, 0.05) is 28.7 Å². The van der Waals surface area contributed by atoms with Crippen molar-refractivity contribution < 1.29 is 4.74 Å². The first-order valence-electron chi connectivity index (χ1n) is 8.31. The molecule has 0 radical (unpaired) electrons. The maximum Gasteiger partial charge on any atom is 0.253 e. The predicted octanol–water partition coefficient (Wildman–Crippen LogP) is 4.10. The van der Waals surface area contributed by atoms with Gasteiger partial charge in [0.15, 0.2) is 0 Å². The minimum absolute atomic E-state index is 0.0619. The first-order valence-corrected chi connectivity index (χ1v) is 8.31. The molecule has 2 N–H and O–H groups in total. The first kappa shape index (κ1) is 16.1. The van der Waals surface area contributed by atoms with E-state index in [-0.39, 0.29) is 5.56 Å². The number of rotatable bonds is 6. The normalized spacial score (nSPS) is 10.8. The van der Waals surface area contributed by atoms with E-state index in [2.05, 4.69) is 23.3 Å². The van der Waals surface area contributed by atoms with Gasteiger partial charge in [-0.2, -0.15) is 0 Å². The molecule has 0 amide bonds. The second-order valence-electron chi connectivity index (χ2n) is 5.67. The Hall–Kier alpha value is -2.75. The summed E-state index contributed by atoms with van der Waals surface area (Å²) in [7, 11) is 0. The predicted molar refractivity (Wildman–Crippen MR) is 98.9 cm³/mol. The molecule has 0 saturated heterocycles. The number of hydrogen-bond acceptors (Lipinski definition) is 3. The van der Waals surface area contributed by atoms with Gasteiger partial charge in [-0.05, 0) is 49.2 Å². The van der Waals surface area contributed by atoms with Crippen molar-refractivity contribution in [2.75, 3.05) is 11.9 Å². The molecule has 0 aliphatic heterocycles. The van der Waals surface area contributed by atoms with Crippen molar-refractivity contribution >= 4 is 16.6 Å². The van der Waals surface area contributed by atoms with Crippen molar-refractivity contribution in [3.05, 3.63) is 70.0 Å². The number of H-pyrrole nitrogens is 1. The van der Waals surface area contributed by atoms with Crippen molar-refractivity contribution in [1.82, 2.24) is 4.98 Å². The Morgan fingerprint density at radius 2 is 1.88 bits per heavy atom. The number of pyridine rings is 1. The Bertz CT molecular complexity index is 900. The summed E-state index contributed by atoms with van der Waals surface area (Å²) in [4.78, 5) is 15.2. The molecule has 0 bridgehead atoms. The highest BCUT2D eigenvalue weighted by molar-refractivity contribution is 5.80. The molecule has 3 rings (SSSR count). The summed E-state index contributed by atoms with van der Waals surface area (Å²) in [5.41, 5.74) is 3.78. The van der Waals surface area contributed by atoms with E-state index in [1.165, 1.54) is 5.56 Å². The van der Waals surface area contributed by atoms with Gasteiger partial charge in [-0.15, -0.1) is 0 Å². The van der Waals surface area contributed by atoms with Gasteiger partial charge in [-0.1, -0.05) is 25.1 Å². The van der Waals surface area contributed by atoms with E-state index in [9.17, 15) is 4.79 Å². The van der Waals surface area contributed by atoms with Gasteiger partial charge >= 0.3 is 0 Å². The molecule has 0 atom stereocenters. The summed E-state index contributed by atoms with van der Waals surface area (Å²) in [6.45, 7) is 5.19. The maximum atomic E-state index is 12.3. The molecule has 24 heavy (non-hydrogen) atoms. The lowest BCUT2D eigenvalue weighted by Crippen LogP contribution is -2.16. The highest BCUT2D eigenvalue weighted by Gasteiger charge is 2.06. The lowest BCUT2D eigenvalue weighted by Gasteiger charge is -2.11. The van der Waals surface area contributed by atoms with Gasteiger partial charge in [0.2, 0.25) is 0 Å². The zero-order valence-electron chi connectivity index (χ0n) is 14.1. The maximum absolute atomic E-state index is 12.3. The van der Waals surface area contributed by atoms with E-state index in [1.807, 2.05) is 49.4 Å². The fourth-order valence-electron chi connectivity index (χ4n) is 2.81. The number of hydrogen-bond donors (Lipinski definition) is 2. The van der Waals surface area contributed by atoms with Gasteiger partial charge in [0.05, 0.1) is 6.61 Å². The van der Waals surface area contributed by atoms with Crippen molar-refractivity contribution in [2.24, 2.45) is 0 Å². The molecule has 3 aromatic rings. The molecule has 124 valence electrons. The second-order valence-corrected chi connectivity index (χ2v) is 5.67. The molecular formula is C20H22N2O2. The number of fused-ring (bicyclic) bond motifs is 1. The lowest BCUT2D eigenvalue weighted by molar-refractivity contribution is 0.340. The zero-order chi connectivity index (χ0) is 16.9. The number of nitrogens with one attached hydrogen (secondary N) is 2. The van der Waals surface area contributed by atoms with Gasteiger partial charge in [-0.25, -0.2) is 0 Å². The zero-order valence-corrected chi connectivity index (χ0v) is 14.1. The molecule has 0 unspecified atom stereocenters. The summed E-state index contributed by atoms with van der Waals surface area (Å²) < 4.78 is 5.54. The molecule has 0 fully saturated rings. The van der Waals surface area contributed by atoms with Crippen LogP contribution in [-0.2, 0) is 13.0 Å². The summed E-state index contributed by atoms with van der Waals surface area (Å²) in [5.74, 6) is 0.812. The SMILES string of the molecule is CCOc1ccc2[nH]c(=O)c(CNc3ccccc3CC)cc2c1. The molecule has 0 saturated carbocycles. The molecule has 1 heterocycles. The van der Waals surface area contributed by atoms with Crippen LogP contribution in [0.2, 0.25) is 0 Å². The molecule has 4 heteroatoms. The van der Waals surface area contributed by atoms with Gasteiger partial charge < -0.3 is 15.0 Å². The van der Waals surface area contributed by atoms with Crippen LogP contribution in [0.4, 0.5) is 5.69 Å². The number of aromatic nitrogens is 1. The monoisotopic (exact) mass is 322 g/mol. The summed E-state index contributed by atoms with van der Waals surface area (Å²) in [6.07, 6.45) is 0.953. The number of aryl methyl sites for hydroxylation is 1. The molecule has 0 spiro atoms. The smallest absolute Gasteiger partial charge is 0.253 e. The van der Waals surface area contributed by atoms with E-state index in [0.29, 0.717) is 18.7 Å². The molecule has 0 aliphatic carbocycles. The fraction of sp³-hybridized carbons (Fsp3) is 0.250. The average Bonchev–Trinajstić information content (AvgIpc) is 2.60. The Kier molecular flexibility index (Phi) is 4.85. The summed E-state index contributed by atoms with van der Waals surface area (Å²) in [6, 6.07) is 15.8. The molecule has 4 nitrogen and oxygen atoms in total. The van der Waals surface area contributed by atoms with Crippen molar-refractivity contribution in [2.45, 2.75) is 26.8 Å². The molecule has 1 aromatic heterocycles. The van der Waals surface area contributed by atoms with Crippen LogP contribution in [0.5, 0.6) is 5.75 Å². The molecule has 2 aromatic carbocycles. The minimum atomic E-state index is -0.0619.